The van der Waals surface area contributed by atoms with Gasteiger partial charge < -0.3 is 24.8 Å². The lowest BCUT2D eigenvalue weighted by atomic mass is 9.98. The number of rotatable bonds is 10. The van der Waals surface area contributed by atoms with E-state index in [1.165, 1.54) is 12.0 Å². The van der Waals surface area contributed by atoms with Crippen molar-refractivity contribution in [3.8, 4) is 11.1 Å². The van der Waals surface area contributed by atoms with Crippen molar-refractivity contribution in [1.82, 2.24) is 10.2 Å². The maximum atomic E-state index is 12.8. The lowest BCUT2D eigenvalue weighted by Gasteiger charge is -2.27. The van der Waals surface area contributed by atoms with Crippen LogP contribution in [-0.2, 0) is 19.1 Å². The molecule has 0 radical (unpaired) electrons. The molecule has 0 saturated heterocycles. The first kappa shape index (κ1) is 24.3. The van der Waals surface area contributed by atoms with E-state index in [4.69, 9.17) is 14.6 Å². The van der Waals surface area contributed by atoms with Gasteiger partial charge in [0.1, 0.15) is 13.2 Å². The SMILES string of the molecule is COCCN(CC(=O)O)C(=O)C(C)C(C)NC(=O)OCC1c2ccccc2-c2ccccc21. The number of carboxylic acid groups (broad SMARTS) is 1. The van der Waals surface area contributed by atoms with Crippen LogP contribution in [0.4, 0.5) is 4.79 Å². The third-order valence-electron chi connectivity index (χ3n) is 6.03. The van der Waals surface area contributed by atoms with E-state index in [9.17, 15) is 14.4 Å². The molecule has 3 rings (SSSR count). The quantitative estimate of drug-likeness (QED) is 0.572. The third kappa shape index (κ3) is 5.70. The maximum absolute atomic E-state index is 12.8. The summed E-state index contributed by atoms with van der Waals surface area (Å²) >= 11 is 0. The molecule has 8 heteroatoms. The van der Waals surface area contributed by atoms with Gasteiger partial charge in [0, 0.05) is 25.6 Å². The number of carbonyl (C=O) groups is 3. The maximum Gasteiger partial charge on any atom is 0.407 e. The lowest BCUT2D eigenvalue weighted by Crippen LogP contribution is -2.48. The van der Waals surface area contributed by atoms with Gasteiger partial charge in [-0.05, 0) is 29.2 Å². The Hall–Kier alpha value is -3.39. The van der Waals surface area contributed by atoms with Gasteiger partial charge in [-0.25, -0.2) is 4.79 Å². The van der Waals surface area contributed by atoms with Crippen LogP contribution in [0.15, 0.2) is 48.5 Å². The topological polar surface area (TPSA) is 105 Å². The molecular weight excluding hydrogens is 424 g/mol. The summed E-state index contributed by atoms with van der Waals surface area (Å²) in [5, 5.41) is 11.8. The van der Waals surface area contributed by atoms with E-state index in [-0.39, 0.29) is 31.6 Å². The predicted molar refractivity (Wildman–Crippen MR) is 123 cm³/mol. The molecule has 1 aliphatic rings. The smallest absolute Gasteiger partial charge is 0.407 e. The minimum absolute atomic E-state index is 0.0578. The molecule has 176 valence electrons. The van der Waals surface area contributed by atoms with E-state index in [1.54, 1.807) is 13.8 Å². The number of carboxylic acids is 1. The zero-order valence-corrected chi connectivity index (χ0v) is 19.1. The molecule has 1 aliphatic carbocycles. The van der Waals surface area contributed by atoms with Crippen molar-refractivity contribution in [2.45, 2.75) is 25.8 Å². The molecule has 0 aromatic heterocycles. The average molecular weight is 455 g/mol. The first-order valence-corrected chi connectivity index (χ1v) is 10.9. The highest BCUT2D eigenvalue weighted by atomic mass is 16.5. The summed E-state index contributed by atoms with van der Waals surface area (Å²) in [7, 11) is 1.48. The van der Waals surface area contributed by atoms with E-state index in [2.05, 4.69) is 17.4 Å². The summed E-state index contributed by atoms with van der Waals surface area (Å²) in [5.41, 5.74) is 4.52. The fourth-order valence-corrected chi connectivity index (χ4v) is 4.08. The van der Waals surface area contributed by atoms with Crippen LogP contribution in [0.2, 0.25) is 0 Å². The number of hydrogen-bond acceptors (Lipinski definition) is 5. The number of benzene rings is 2. The van der Waals surface area contributed by atoms with Crippen LogP contribution in [0.3, 0.4) is 0 Å². The van der Waals surface area contributed by atoms with Crippen molar-refractivity contribution in [3.63, 3.8) is 0 Å². The predicted octanol–water partition coefficient (Wildman–Crippen LogP) is 3.11. The molecule has 2 unspecified atom stereocenters. The Morgan fingerprint density at radius 2 is 1.61 bits per heavy atom. The number of aliphatic carboxylic acids is 1. The number of fused-ring (bicyclic) bond motifs is 3. The van der Waals surface area contributed by atoms with Gasteiger partial charge in [-0.3, -0.25) is 9.59 Å². The van der Waals surface area contributed by atoms with Crippen molar-refractivity contribution in [2.75, 3.05) is 33.4 Å². The van der Waals surface area contributed by atoms with Crippen molar-refractivity contribution in [3.05, 3.63) is 59.7 Å². The Morgan fingerprint density at radius 1 is 1.03 bits per heavy atom. The van der Waals surface area contributed by atoms with Gasteiger partial charge in [0.25, 0.3) is 0 Å². The molecule has 0 saturated carbocycles. The fraction of sp³-hybridized carbons (Fsp3) is 0.400. The normalized spacial score (nSPS) is 14.0. The highest BCUT2D eigenvalue weighted by molar-refractivity contribution is 5.84. The van der Waals surface area contributed by atoms with Crippen LogP contribution in [0.25, 0.3) is 11.1 Å². The number of carbonyl (C=O) groups excluding carboxylic acids is 2. The van der Waals surface area contributed by atoms with Gasteiger partial charge in [0.05, 0.1) is 12.5 Å². The van der Waals surface area contributed by atoms with Gasteiger partial charge in [0.15, 0.2) is 0 Å². The second-order valence-electron chi connectivity index (χ2n) is 8.19. The minimum Gasteiger partial charge on any atom is -0.480 e. The number of nitrogens with one attached hydrogen (secondary N) is 1. The molecule has 2 N–H and O–H groups in total. The molecule has 0 spiro atoms. The van der Waals surface area contributed by atoms with Crippen molar-refractivity contribution in [2.24, 2.45) is 5.92 Å². The lowest BCUT2D eigenvalue weighted by molar-refractivity contribution is -0.146. The number of alkyl carbamates (subject to hydrolysis) is 1. The number of methoxy groups -OCH3 is 1. The summed E-state index contributed by atoms with van der Waals surface area (Å²) in [6.45, 7) is 3.47. The van der Waals surface area contributed by atoms with Crippen molar-refractivity contribution < 1.29 is 29.0 Å². The van der Waals surface area contributed by atoms with E-state index in [1.807, 2.05) is 36.4 Å². The molecule has 2 atom stereocenters. The Labute approximate surface area is 193 Å². The van der Waals surface area contributed by atoms with Crippen LogP contribution < -0.4 is 5.32 Å². The molecule has 2 aromatic rings. The van der Waals surface area contributed by atoms with E-state index in [0.29, 0.717) is 0 Å². The summed E-state index contributed by atoms with van der Waals surface area (Å²) in [6, 6.07) is 15.6. The van der Waals surface area contributed by atoms with Crippen LogP contribution in [0.5, 0.6) is 0 Å². The molecule has 2 aromatic carbocycles. The monoisotopic (exact) mass is 454 g/mol. The van der Waals surface area contributed by atoms with E-state index >= 15 is 0 Å². The molecule has 0 aliphatic heterocycles. The van der Waals surface area contributed by atoms with E-state index < -0.39 is 30.6 Å². The van der Waals surface area contributed by atoms with Gasteiger partial charge in [-0.1, -0.05) is 55.5 Å². The van der Waals surface area contributed by atoms with Crippen LogP contribution in [0.1, 0.15) is 30.9 Å². The van der Waals surface area contributed by atoms with Gasteiger partial charge in [-0.15, -0.1) is 0 Å². The standard InChI is InChI=1S/C25H30N2O6/c1-16(24(30)27(12-13-32-3)14-23(28)29)17(2)26-25(31)33-15-22-20-10-6-4-8-18(20)19-9-5-7-11-21(19)22/h4-11,16-17,22H,12-15H2,1-3H3,(H,26,31)(H,28,29). The van der Waals surface area contributed by atoms with Crippen LogP contribution in [-0.4, -0.2) is 67.4 Å². The Morgan fingerprint density at radius 3 is 2.15 bits per heavy atom. The average Bonchev–Trinajstić information content (AvgIpc) is 3.13. The second-order valence-corrected chi connectivity index (χ2v) is 8.19. The molecule has 0 bridgehead atoms. The summed E-state index contributed by atoms with van der Waals surface area (Å²) in [5.74, 6) is -2.18. The van der Waals surface area contributed by atoms with Crippen molar-refractivity contribution >= 4 is 18.0 Å². The molecular formula is C25H30N2O6. The number of ether oxygens (including phenoxy) is 2. The molecule has 2 amide bonds. The molecule has 0 heterocycles. The highest BCUT2D eigenvalue weighted by Gasteiger charge is 2.30. The molecule has 0 fully saturated rings. The Bertz CT molecular complexity index is 962. The molecule has 8 nitrogen and oxygen atoms in total. The zero-order chi connectivity index (χ0) is 24.0. The number of amides is 2. The Kier molecular flexibility index (Phi) is 8.06. The van der Waals surface area contributed by atoms with Crippen LogP contribution >= 0.6 is 0 Å². The summed E-state index contributed by atoms with van der Waals surface area (Å²) in [4.78, 5) is 37.6. The highest BCUT2D eigenvalue weighted by Crippen LogP contribution is 2.44. The minimum atomic E-state index is -1.11. The van der Waals surface area contributed by atoms with Gasteiger partial charge in [0.2, 0.25) is 5.91 Å². The first-order valence-electron chi connectivity index (χ1n) is 10.9. The van der Waals surface area contributed by atoms with Crippen LogP contribution in [0, 0.1) is 5.92 Å². The summed E-state index contributed by atoms with van der Waals surface area (Å²) < 4.78 is 10.5. The van der Waals surface area contributed by atoms with Gasteiger partial charge in [-0.2, -0.15) is 0 Å². The van der Waals surface area contributed by atoms with Gasteiger partial charge >= 0.3 is 12.1 Å². The largest absolute Gasteiger partial charge is 0.480 e. The Balaban J connectivity index is 1.59. The van der Waals surface area contributed by atoms with E-state index in [0.717, 1.165) is 22.3 Å². The second kappa shape index (κ2) is 11.0. The zero-order valence-electron chi connectivity index (χ0n) is 19.1. The fourth-order valence-electron chi connectivity index (χ4n) is 4.08. The van der Waals surface area contributed by atoms with Crippen molar-refractivity contribution in [1.29, 1.82) is 0 Å². The first-order chi connectivity index (χ1) is 15.8. The molecule has 33 heavy (non-hydrogen) atoms. The number of nitrogens with zero attached hydrogens (tertiary/aromatic N) is 1. The summed E-state index contributed by atoms with van der Waals surface area (Å²) in [6.07, 6.45) is -0.620. The third-order valence-corrected chi connectivity index (χ3v) is 6.03. The number of hydrogen-bond donors (Lipinski definition) is 2.